The lowest BCUT2D eigenvalue weighted by Crippen LogP contribution is -2.30. The highest BCUT2D eigenvalue weighted by Crippen LogP contribution is 2.35. The summed E-state index contributed by atoms with van der Waals surface area (Å²) in [4.78, 5) is 14.4. The molecular weight excluding hydrogens is 288 g/mol. The molecule has 4 nitrogen and oxygen atoms in total. The van der Waals surface area contributed by atoms with Crippen LogP contribution < -0.4 is 5.73 Å². The van der Waals surface area contributed by atoms with Gasteiger partial charge in [0.25, 0.3) is 0 Å². The Hall–Kier alpha value is -1.10. The van der Waals surface area contributed by atoms with Crippen LogP contribution in [0.4, 0.5) is 0 Å². The van der Waals surface area contributed by atoms with Crippen molar-refractivity contribution in [1.82, 2.24) is 4.90 Å². The van der Waals surface area contributed by atoms with Crippen LogP contribution in [0, 0.1) is 11.8 Å². The maximum absolute atomic E-state index is 12.5. The molecule has 3 atom stereocenters. The van der Waals surface area contributed by atoms with E-state index in [-0.39, 0.29) is 12.0 Å². The third-order valence-electron chi connectivity index (χ3n) is 4.68. The Morgan fingerprint density at radius 1 is 1.48 bits per heavy atom. The number of nitrogens with two attached hydrogens (primary N) is 1. The average molecular weight is 309 g/mol. The van der Waals surface area contributed by atoms with E-state index in [0.29, 0.717) is 36.4 Å². The van der Waals surface area contributed by atoms with E-state index in [1.165, 1.54) is 0 Å². The topological polar surface area (TPSA) is 55.6 Å². The standard InChI is InChI=1S/C16H21ClN2O2/c1-10-7-19(8-12(10)6-18)16(20)5-15-14-3-2-13(17)4-11(14)9-21-15/h2-4,10,12,15H,5-9,18H2,1H3. The molecule has 0 spiro atoms. The Balaban J connectivity index is 1.65. The van der Waals surface area contributed by atoms with Gasteiger partial charge in [-0.15, -0.1) is 0 Å². The molecule has 3 rings (SSSR count). The summed E-state index contributed by atoms with van der Waals surface area (Å²) in [7, 11) is 0. The van der Waals surface area contributed by atoms with Crippen LogP contribution in [0.5, 0.6) is 0 Å². The largest absolute Gasteiger partial charge is 0.368 e. The summed E-state index contributed by atoms with van der Waals surface area (Å²) in [5, 5.41) is 0.712. The van der Waals surface area contributed by atoms with Crippen molar-refractivity contribution in [2.24, 2.45) is 17.6 Å². The lowest BCUT2D eigenvalue weighted by atomic mass is 9.99. The molecule has 2 aliphatic heterocycles. The smallest absolute Gasteiger partial charge is 0.225 e. The Morgan fingerprint density at radius 3 is 3.00 bits per heavy atom. The summed E-state index contributed by atoms with van der Waals surface area (Å²) >= 11 is 5.99. The summed E-state index contributed by atoms with van der Waals surface area (Å²) in [6.45, 7) is 4.92. The molecule has 0 saturated carbocycles. The number of carbonyl (C=O) groups is 1. The first-order valence-electron chi connectivity index (χ1n) is 7.46. The second kappa shape index (κ2) is 5.95. The molecule has 1 fully saturated rings. The zero-order valence-electron chi connectivity index (χ0n) is 12.2. The molecule has 3 unspecified atom stereocenters. The number of nitrogens with zero attached hydrogens (tertiary/aromatic N) is 1. The summed E-state index contributed by atoms with van der Waals surface area (Å²) in [6, 6.07) is 5.75. The van der Waals surface area contributed by atoms with Gasteiger partial charge in [0.1, 0.15) is 0 Å². The Labute approximate surface area is 130 Å². The van der Waals surface area contributed by atoms with Crippen molar-refractivity contribution in [3.05, 3.63) is 34.3 Å². The number of likely N-dealkylation sites (tertiary alicyclic amines) is 1. The lowest BCUT2D eigenvalue weighted by Gasteiger charge is -2.19. The molecule has 2 aliphatic rings. The number of hydrogen-bond donors (Lipinski definition) is 1. The van der Waals surface area contributed by atoms with Gasteiger partial charge in [-0.3, -0.25) is 4.79 Å². The van der Waals surface area contributed by atoms with Crippen LogP contribution in [0.2, 0.25) is 5.02 Å². The number of amides is 1. The van der Waals surface area contributed by atoms with E-state index in [1.807, 2.05) is 23.1 Å². The number of benzene rings is 1. The van der Waals surface area contributed by atoms with Gasteiger partial charge in [0, 0.05) is 18.1 Å². The van der Waals surface area contributed by atoms with Crippen molar-refractivity contribution in [3.8, 4) is 0 Å². The van der Waals surface area contributed by atoms with Crippen LogP contribution in [0.15, 0.2) is 18.2 Å². The van der Waals surface area contributed by atoms with E-state index in [2.05, 4.69) is 6.92 Å². The zero-order chi connectivity index (χ0) is 15.0. The van der Waals surface area contributed by atoms with E-state index in [4.69, 9.17) is 22.1 Å². The van der Waals surface area contributed by atoms with Crippen LogP contribution >= 0.6 is 11.6 Å². The zero-order valence-corrected chi connectivity index (χ0v) is 13.0. The first-order chi connectivity index (χ1) is 10.1. The van der Waals surface area contributed by atoms with E-state index in [9.17, 15) is 4.79 Å². The highest BCUT2D eigenvalue weighted by molar-refractivity contribution is 6.30. The van der Waals surface area contributed by atoms with Gasteiger partial charge in [-0.05, 0) is 41.6 Å². The second-order valence-electron chi connectivity index (χ2n) is 6.12. The highest BCUT2D eigenvalue weighted by Gasteiger charge is 2.34. The van der Waals surface area contributed by atoms with Crippen LogP contribution in [-0.4, -0.2) is 30.4 Å². The third kappa shape index (κ3) is 2.93. The molecule has 1 saturated heterocycles. The molecule has 0 radical (unpaired) electrons. The summed E-state index contributed by atoms with van der Waals surface area (Å²) in [5.41, 5.74) is 7.94. The molecule has 114 valence electrons. The molecule has 1 aromatic rings. The lowest BCUT2D eigenvalue weighted by molar-refractivity contribution is -0.133. The predicted octanol–water partition coefficient (Wildman–Crippen LogP) is 2.35. The van der Waals surface area contributed by atoms with Crippen LogP contribution in [0.3, 0.4) is 0 Å². The molecule has 0 aliphatic carbocycles. The predicted molar refractivity (Wildman–Crippen MR) is 81.9 cm³/mol. The quantitative estimate of drug-likeness (QED) is 0.932. The van der Waals surface area contributed by atoms with Gasteiger partial charge in [0.2, 0.25) is 5.91 Å². The van der Waals surface area contributed by atoms with E-state index in [1.54, 1.807) is 0 Å². The first kappa shape index (κ1) is 14.8. The van der Waals surface area contributed by atoms with E-state index < -0.39 is 0 Å². The molecule has 0 bridgehead atoms. The van der Waals surface area contributed by atoms with E-state index in [0.717, 1.165) is 24.2 Å². The van der Waals surface area contributed by atoms with E-state index >= 15 is 0 Å². The van der Waals surface area contributed by atoms with Gasteiger partial charge in [0.05, 0.1) is 19.1 Å². The monoisotopic (exact) mass is 308 g/mol. The van der Waals surface area contributed by atoms with Crippen molar-refractivity contribution in [3.63, 3.8) is 0 Å². The van der Waals surface area contributed by atoms with Gasteiger partial charge < -0.3 is 15.4 Å². The van der Waals surface area contributed by atoms with Crippen molar-refractivity contribution in [1.29, 1.82) is 0 Å². The molecule has 2 N–H and O–H groups in total. The fourth-order valence-corrected chi connectivity index (χ4v) is 3.49. The van der Waals surface area contributed by atoms with Crippen molar-refractivity contribution in [2.75, 3.05) is 19.6 Å². The third-order valence-corrected chi connectivity index (χ3v) is 4.91. The number of carbonyl (C=O) groups excluding carboxylic acids is 1. The van der Waals surface area contributed by atoms with Crippen LogP contribution in [0.25, 0.3) is 0 Å². The number of rotatable bonds is 3. The molecule has 1 aromatic carbocycles. The Morgan fingerprint density at radius 2 is 2.29 bits per heavy atom. The van der Waals surface area contributed by atoms with Gasteiger partial charge >= 0.3 is 0 Å². The van der Waals surface area contributed by atoms with Gasteiger partial charge in [-0.2, -0.15) is 0 Å². The Kier molecular flexibility index (Phi) is 4.20. The second-order valence-corrected chi connectivity index (χ2v) is 6.56. The average Bonchev–Trinajstić information content (AvgIpc) is 3.02. The van der Waals surface area contributed by atoms with Crippen molar-refractivity contribution >= 4 is 17.5 Å². The highest BCUT2D eigenvalue weighted by atomic mass is 35.5. The Bertz CT molecular complexity index is 549. The number of ether oxygens (including phenoxy) is 1. The summed E-state index contributed by atoms with van der Waals surface area (Å²) < 4.78 is 5.76. The molecular formula is C16H21ClN2O2. The van der Waals surface area contributed by atoms with Gasteiger partial charge in [0.15, 0.2) is 0 Å². The fraction of sp³-hybridized carbons (Fsp3) is 0.562. The molecule has 5 heteroatoms. The van der Waals surface area contributed by atoms with Gasteiger partial charge in [-0.1, -0.05) is 24.6 Å². The van der Waals surface area contributed by atoms with Crippen LogP contribution in [-0.2, 0) is 16.1 Å². The number of fused-ring (bicyclic) bond motifs is 1. The minimum absolute atomic E-state index is 0.142. The minimum Gasteiger partial charge on any atom is -0.368 e. The molecule has 2 heterocycles. The fourth-order valence-electron chi connectivity index (χ4n) is 3.29. The normalized spacial score (nSPS) is 28.0. The van der Waals surface area contributed by atoms with Crippen molar-refractivity contribution in [2.45, 2.75) is 26.1 Å². The summed E-state index contributed by atoms with van der Waals surface area (Å²) in [6.07, 6.45) is 0.260. The minimum atomic E-state index is -0.142. The maximum atomic E-state index is 12.5. The molecule has 1 amide bonds. The van der Waals surface area contributed by atoms with Crippen LogP contribution in [0.1, 0.15) is 30.6 Å². The SMILES string of the molecule is CC1CN(C(=O)CC2OCc3cc(Cl)ccc32)CC1CN. The first-order valence-corrected chi connectivity index (χ1v) is 7.84. The van der Waals surface area contributed by atoms with Crippen molar-refractivity contribution < 1.29 is 9.53 Å². The molecule has 21 heavy (non-hydrogen) atoms. The number of hydrogen-bond acceptors (Lipinski definition) is 3. The summed E-state index contributed by atoms with van der Waals surface area (Å²) in [5.74, 6) is 1.06. The maximum Gasteiger partial charge on any atom is 0.225 e. The van der Waals surface area contributed by atoms with Gasteiger partial charge in [-0.25, -0.2) is 0 Å². The number of halogens is 1. The molecule has 0 aromatic heterocycles.